The standard InChI is InChI=1S/C22H30N4O4/c1-16-2-4-17(5-3-16)12-23-22(27)26-13-19(14-26)21-24-20(25-30-21)8-11-29-15-18-6-9-28-10-7-18/h2-5,18-19H,6-15H2,1H3,(H,23,27). The molecule has 0 unspecified atom stereocenters. The summed E-state index contributed by atoms with van der Waals surface area (Å²) < 4.78 is 16.5. The average Bonchev–Trinajstić information content (AvgIpc) is 3.19. The summed E-state index contributed by atoms with van der Waals surface area (Å²) in [6.07, 6.45) is 2.78. The number of carbonyl (C=O) groups is 1. The highest BCUT2D eigenvalue weighted by Gasteiger charge is 2.35. The van der Waals surface area contributed by atoms with Gasteiger partial charge < -0.3 is 24.2 Å². The average molecular weight is 415 g/mol. The minimum atomic E-state index is -0.0620. The smallest absolute Gasteiger partial charge is 0.317 e. The van der Waals surface area contributed by atoms with Crippen LogP contribution in [0.25, 0.3) is 0 Å². The summed E-state index contributed by atoms with van der Waals surface area (Å²) in [7, 11) is 0. The van der Waals surface area contributed by atoms with Gasteiger partial charge >= 0.3 is 6.03 Å². The minimum absolute atomic E-state index is 0.0620. The molecule has 0 aliphatic carbocycles. The Bertz CT molecular complexity index is 811. The summed E-state index contributed by atoms with van der Waals surface area (Å²) in [5.74, 6) is 1.98. The van der Waals surface area contributed by atoms with Gasteiger partial charge in [-0.1, -0.05) is 35.0 Å². The first kappa shape index (κ1) is 20.8. The van der Waals surface area contributed by atoms with Gasteiger partial charge in [-0.25, -0.2) is 4.79 Å². The summed E-state index contributed by atoms with van der Waals surface area (Å²) in [5, 5.41) is 7.01. The molecule has 2 aliphatic rings. The number of hydrogen-bond acceptors (Lipinski definition) is 6. The number of amides is 2. The number of rotatable bonds is 8. The molecule has 2 aromatic rings. The first-order valence-corrected chi connectivity index (χ1v) is 10.7. The molecule has 0 radical (unpaired) electrons. The Morgan fingerprint density at radius 2 is 2.00 bits per heavy atom. The van der Waals surface area contributed by atoms with Crippen molar-refractivity contribution in [2.75, 3.05) is 39.5 Å². The molecule has 2 saturated heterocycles. The third kappa shape index (κ3) is 5.58. The molecular weight excluding hydrogens is 384 g/mol. The first-order valence-electron chi connectivity index (χ1n) is 10.7. The van der Waals surface area contributed by atoms with E-state index in [1.165, 1.54) is 5.56 Å². The van der Waals surface area contributed by atoms with E-state index >= 15 is 0 Å². The normalized spacial score (nSPS) is 17.7. The highest BCUT2D eigenvalue weighted by molar-refractivity contribution is 5.75. The van der Waals surface area contributed by atoms with E-state index in [0.29, 0.717) is 50.3 Å². The molecule has 2 amide bonds. The summed E-state index contributed by atoms with van der Waals surface area (Å²) >= 11 is 0. The molecule has 4 rings (SSSR count). The SMILES string of the molecule is Cc1ccc(CNC(=O)N2CC(c3nc(CCOCC4CCOCC4)no3)C2)cc1. The molecule has 8 nitrogen and oxygen atoms in total. The Hall–Kier alpha value is -2.45. The van der Waals surface area contributed by atoms with Crippen molar-refractivity contribution in [3.63, 3.8) is 0 Å². The van der Waals surface area contributed by atoms with E-state index in [1.54, 1.807) is 4.90 Å². The second-order valence-electron chi connectivity index (χ2n) is 8.18. The van der Waals surface area contributed by atoms with Crippen molar-refractivity contribution in [1.82, 2.24) is 20.4 Å². The second kappa shape index (κ2) is 10.0. The molecule has 1 aromatic heterocycles. The monoisotopic (exact) mass is 414 g/mol. The van der Waals surface area contributed by atoms with E-state index < -0.39 is 0 Å². The van der Waals surface area contributed by atoms with E-state index in [2.05, 4.69) is 15.5 Å². The fourth-order valence-corrected chi connectivity index (χ4v) is 3.66. The molecule has 2 aliphatic heterocycles. The summed E-state index contributed by atoms with van der Waals surface area (Å²) in [4.78, 5) is 18.5. The lowest BCUT2D eigenvalue weighted by Gasteiger charge is -2.36. The number of benzene rings is 1. The Morgan fingerprint density at radius 1 is 1.23 bits per heavy atom. The zero-order valence-corrected chi connectivity index (χ0v) is 17.5. The van der Waals surface area contributed by atoms with Gasteiger partial charge in [0, 0.05) is 45.9 Å². The van der Waals surface area contributed by atoms with Crippen LogP contribution in [-0.2, 0) is 22.4 Å². The number of urea groups is 1. The van der Waals surface area contributed by atoms with Crippen molar-refractivity contribution in [2.45, 2.75) is 38.6 Å². The molecule has 30 heavy (non-hydrogen) atoms. The maximum Gasteiger partial charge on any atom is 0.317 e. The van der Waals surface area contributed by atoms with Crippen molar-refractivity contribution < 1.29 is 18.8 Å². The fourth-order valence-electron chi connectivity index (χ4n) is 3.66. The lowest BCUT2D eigenvalue weighted by Crippen LogP contribution is -2.52. The van der Waals surface area contributed by atoms with Crippen LogP contribution in [0.5, 0.6) is 0 Å². The van der Waals surface area contributed by atoms with Crippen molar-refractivity contribution in [3.8, 4) is 0 Å². The Labute approximate surface area is 176 Å². The van der Waals surface area contributed by atoms with Gasteiger partial charge in [0.15, 0.2) is 5.82 Å². The van der Waals surface area contributed by atoms with Crippen LogP contribution in [-0.4, -0.2) is 60.6 Å². The van der Waals surface area contributed by atoms with Crippen molar-refractivity contribution in [3.05, 3.63) is 47.1 Å². The van der Waals surface area contributed by atoms with E-state index in [1.807, 2.05) is 31.2 Å². The van der Waals surface area contributed by atoms with Crippen molar-refractivity contribution in [2.24, 2.45) is 5.92 Å². The van der Waals surface area contributed by atoms with Crippen LogP contribution in [0.2, 0.25) is 0 Å². The van der Waals surface area contributed by atoms with Gasteiger partial charge in [0.25, 0.3) is 0 Å². The Kier molecular flexibility index (Phi) is 6.96. The van der Waals surface area contributed by atoms with Crippen LogP contribution in [0.3, 0.4) is 0 Å². The maximum absolute atomic E-state index is 12.3. The summed E-state index contributed by atoms with van der Waals surface area (Å²) in [6.45, 7) is 6.81. The third-order valence-corrected chi connectivity index (χ3v) is 5.73. The topological polar surface area (TPSA) is 89.7 Å². The molecule has 0 saturated carbocycles. The van der Waals surface area contributed by atoms with Gasteiger partial charge in [0.05, 0.1) is 12.5 Å². The number of carbonyl (C=O) groups excluding carboxylic acids is 1. The molecule has 0 atom stereocenters. The summed E-state index contributed by atoms with van der Waals surface area (Å²) in [6, 6.07) is 8.09. The van der Waals surface area contributed by atoms with E-state index in [9.17, 15) is 4.79 Å². The number of nitrogens with zero attached hydrogens (tertiary/aromatic N) is 3. The van der Waals surface area contributed by atoms with Gasteiger partial charge in [0.2, 0.25) is 5.89 Å². The largest absolute Gasteiger partial charge is 0.381 e. The Balaban J connectivity index is 1.13. The molecule has 0 bridgehead atoms. The van der Waals surface area contributed by atoms with Gasteiger partial charge in [0.1, 0.15) is 0 Å². The molecule has 1 aromatic carbocycles. The quantitative estimate of drug-likeness (QED) is 0.668. The minimum Gasteiger partial charge on any atom is -0.381 e. The molecule has 1 N–H and O–H groups in total. The number of hydrogen-bond donors (Lipinski definition) is 1. The number of aryl methyl sites for hydroxylation is 1. The predicted octanol–water partition coefficient (Wildman–Crippen LogP) is 2.67. The Morgan fingerprint density at radius 3 is 2.77 bits per heavy atom. The molecule has 8 heteroatoms. The number of nitrogens with one attached hydrogen (secondary N) is 1. The summed E-state index contributed by atoms with van der Waals surface area (Å²) in [5.41, 5.74) is 2.30. The van der Waals surface area contributed by atoms with Crippen LogP contribution in [0.4, 0.5) is 4.79 Å². The maximum atomic E-state index is 12.3. The second-order valence-corrected chi connectivity index (χ2v) is 8.18. The van der Waals surface area contributed by atoms with Crippen molar-refractivity contribution >= 4 is 6.03 Å². The number of likely N-dealkylation sites (tertiary alicyclic amines) is 1. The first-order chi connectivity index (χ1) is 14.7. The van der Waals surface area contributed by atoms with Crippen molar-refractivity contribution in [1.29, 1.82) is 0 Å². The highest BCUT2D eigenvalue weighted by atomic mass is 16.5. The van der Waals surface area contributed by atoms with Gasteiger partial charge in [-0.05, 0) is 31.2 Å². The zero-order chi connectivity index (χ0) is 20.8. The van der Waals surface area contributed by atoms with Gasteiger partial charge in [-0.3, -0.25) is 0 Å². The van der Waals surface area contributed by atoms with Crippen LogP contribution >= 0.6 is 0 Å². The highest BCUT2D eigenvalue weighted by Crippen LogP contribution is 2.25. The molecule has 3 heterocycles. The zero-order valence-electron chi connectivity index (χ0n) is 17.5. The molecule has 162 valence electrons. The number of ether oxygens (including phenoxy) is 2. The van der Waals surface area contributed by atoms with Crippen LogP contribution < -0.4 is 5.32 Å². The van der Waals surface area contributed by atoms with E-state index in [4.69, 9.17) is 14.0 Å². The van der Waals surface area contributed by atoms with Crippen LogP contribution in [0.1, 0.15) is 41.6 Å². The van der Waals surface area contributed by atoms with Crippen LogP contribution in [0.15, 0.2) is 28.8 Å². The lowest BCUT2D eigenvalue weighted by atomic mass is 10.0. The van der Waals surface area contributed by atoms with Gasteiger partial charge in [-0.2, -0.15) is 4.98 Å². The molecule has 0 spiro atoms. The number of aromatic nitrogens is 2. The molecule has 2 fully saturated rings. The third-order valence-electron chi connectivity index (χ3n) is 5.73. The molecular formula is C22H30N4O4. The lowest BCUT2D eigenvalue weighted by molar-refractivity contribution is 0.0211. The fraction of sp³-hybridized carbons (Fsp3) is 0.591. The van der Waals surface area contributed by atoms with Gasteiger partial charge in [-0.15, -0.1) is 0 Å². The van der Waals surface area contributed by atoms with E-state index in [-0.39, 0.29) is 11.9 Å². The predicted molar refractivity (Wildman–Crippen MR) is 110 cm³/mol. The van der Waals surface area contributed by atoms with E-state index in [0.717, 1.165) is 38.2 Å². The van der Waals surface area contributed by atoms with Crippen LogP contribution in [0, 0.1) is 12.8 Å².